The molecule has 0 amide bonds. The normalized spacial score (nSPS) is 10.9. The van der Waals surface area contributed by atoms with Gasteiger partial charge in [-0.15, -0.1) is 5.10 Å². The van der Waals surface area contributed by atoms with Gasteiger partial charge >= 0.3 is 0 Å². The molecular formula is C12H9ClN4. The molecule has 0 saturated heterocycles. The van der Waals surface area contributed by atoms with Gasteiger partial charge in [-0.25, -0.2) is 4.52 Å². The maximum Gasteiger partial charge on any atom is 0.240 e. The molecule has 0 aliphatic carbocycles. The van der Waals surface area contributed by atoms with Crippen molar-refractivity contribution in [3.05, 3.63) is 47.6 Å². The van der Waals surface area contributed by atoms with E-state index in [2.05, 4.69) is 10.1 Å². The Morgan fingerprint density at radius 3 is 2.47 bits per heavy atom. The summed E-state index contributed by atoms with van der Waals surface area (Å²) in [4.78, 5) is 4.07. The summed E-state index contributed by atoms with van der Waals surface area (Å²) in [5.41, 5.74) is 8.39. The minimum Gasteiger partial charge on any atom is -0.366 e. The first kappa shape index (κ1) is 10.1. The highest BCUT2D eigenvalue weighted by Crippen LogP contribution is 2.21. The number of anilines is 1. The Morgan fingerprint density at radius 1 is 1.00 bits per heavy atom. The summed E-state index contributed by atoms with van der Waals surface area (Å²) in [6.45, 7) is 0. The number of halogens is 1. The lowest BCUT2D eigenvalue weighted by Gasteiger charge is -2.01. The summed E-state index contributed by atoms with van der Waals surface area (Å²) in [7, 11) is 0. The standard InChI is InChI=1S/C12H9ClN4/c13-10-4-1-8(2-5-10)9-3-6-11-15-12(14)16-17(11)7-9/h1-7H,(H2,14,16). The van der Waals surface area contributed by atoms with Gasteiger partial charge in [0, 0.05) is 16.8 Å². The Bertz CT molecular complexity index is 673. The summed E-state index contributed by atoms with van der Waals surface area (Å²) in [6, 6.07) is 11.5. The lowest BCUT2D eigenvalue weighted by Crippen LogP contribution is -1.90. The van der Waals surface area contributed by atoms with Gasteiger partial charge in [-0.1, -0.05) is 23.7 Å². The third-order valence-corrected chi connectivity index (χ3v) is 2.78. The lowest BCUT2D eigenvalue weighted by molar-refractivity contribution is 0.969. The molecule has 84 valence electrons. The van der Waals surface area contributed by atoms with Crippen molar-refractivity contribution in [3.8, 4) is 11.1 Å². The van der Waals surface area contributed by atoms with Gasteiger partial charge in [-0.05, 0) is 29.8 Å². The zero-order valence-corrected chi connectivity index (χ0v) is 9.59. The average Bonchev–Trinajstić information content (AvgIpc) is 2.69. The maximum absolute atomic E-state index is 5.85. The Kier molecular flexibility index (Phi) is 2.23. The minimum atomic E-state index is 0.276. The van der Waals surface area contributed by atoms with E-state index in [1.807, 2.05) is 42.6 Å². The van der Waals surface area contributed by atoms with Crippen molar-refractivity contribution in [2.24, 2.45) is 0 Å². The van der Waals surface area contributed by atoms with Crippen molar-refractivity contribution in [2.75, 3.05) is 5.73 Å². The van der Waals surface area contributed by atoms with Crippen LogP contribution in [0.15, 0.2) is 42.6 Å². The van der Waals surface area contributed by atoms with Gasteiger partial charge in [0.05, 0.1) is 0 Å². The fraction of sp³-hybridized carbons (Fsp3) is 0. The second kappa shape index (κ2) is 3.75. The van der Waals surface area contributed by atoms with Gasteiger partial charge in [0.2, 0.25) is 5.95 Å². The highest BCUT2D eigenvalue weighted by atomic mass is 35.5. The van der Waals surface area contributed by atoms with E-state index in [1.165, 1.54) is 0 Å². The summed E-state index contributed by atoms with van der Waals surface area (Å²) in [6.07, 6.45) is 1.89. The third-order valence-electron chi connectivity index (χ3n) is 2.52. The molecule has 3 rings (SSSR count). The van der Waals surface area contributed by atoms with Crippen molar-refractivity contribution in [1.82, 2.24) is 14.6 Å². The van der Waals surface area contributed by atoms with Gasteiger partial charge in [-0.3, -0.25) is 0 Å². The number of hydrogen-bond donors (Lipinski definition) is 1. The van der Waals surface area contributed by atoms with E-state index in [0.29, 0.717) is 0 Å². The van der Waals surface area contributed by atoms with Crippen molar-refractivity contribution in [1.29, 1.82) is 0 Å². The quantitative estimate of drug-likeness (QED) is 0.716. The van der Waals surface area contributed by atoms with Crippen LogP contribution in [0.2, 0.25) is 5.02 Å². The monoisotopic (exact) mass is 244 g/mol. The smallest absolute Gasteiger partial charge is 0.240 e. The largest absolute Gasteiger partial charge is 0.366 e. The van der Waals surface area contributed by atoms with Crippen LogP contribution < -0.4 is 5.73 Å². The Hall–Kier alpha value is -2.07. The maximum atomic E-state index is 5.85. The Labute approximate surface area is 103 Å². The van der Waals surface area contributed by atoms with Crippen LogP contribution >= 0.6 is 11.6 Å². The van der Waals surface area contributed by atoms with E-state index in [4.69, 9.17) is 17.3 Å². The molecule has 1 aromatic carbocycles. The highest BCUT2D eigenvalue weighted by molar-refractivity contribution is 6.30. The molecule has 3 aromatic rings. The first-order valence-corrected chi connectivity index (χ1v) is 5.48. The minimum absolute atomic E-state index is 0.276. The van der Waals surface area contributed by atoms with Crippen LogP contribution in [0.4, 0.5) is 5.95 Å². The molecule has 0 bridgehead atoms. The number of nitrogen functional groups attached to an aromatic ring is 1. The highest BCUT2D eigenvalue weighted by Gasteiger charge is 2.02. The number of rotatable bonds is 1. The topological polar surface area (TPSA) is 56.2 Å². The van der Waals surface area contributed by atoms with Crippen LogP contribution in [0.1, 0.15) is 0 Å². The van der Waals surface area contributed by atoms with Crippen molar-refractivity contribution in [2.45, 2.75) is 0 Å². The number of nitrogens with zero attached hydrogens (tertiary/aromatic N) is 3. The van der Waals surface area contributed by atoms with Gasteiger partial charge in [0.15, 0.2) is 5.65 Å². The number of aromatic nitrogens is 3. The summed E-state index contributed by atoms with van der Waals surface area (Å²) in [5.74, 6) is 0.276. The predicted molar refractivity (Wildman–Crippen MR) is 67.8 cm³/mol. The van der Waals surface area contributed by atoms with E-state index in [0.717, 1.165) is 21.8 Å². The van der Waals surface area contributed by atoms with Gasteiger partial charge < -0.3 is 5.73 Å². The number of fused-ring (bicyclic) bond motifs is 1. The van der Waals surface area contributed by atoms with Crippen LogP contribution in [0, 0.1) is 0 Å². The molecule has 0 aliphatic heterocycles. The van der Waals surface area contributed by atoms with E-state index < -0.39 is 0 Å². The molecule has 2 heterocycles. The molecule has 2 aromatic heterocycles. The lowest BCUT2D eigenvalue weighted by atomic mass is 10.1. The van der Waals surface area contributed by atoms with Crippen LogP contribution in [0.5, 0.6) is 0 Å². The van der Waals surface area contributed by atoms with Crippen molar-refractivity contribution in [3.63, 3.8) is 0 Å². The molecule has 0 aliphatic rings. The second-order valence-corrected chi connectivity index (χ2v) is 4.13. The molecule has 5 heteroatoms. The molecule has 4 nitrogen and oxygen atoms in total. The average molecular weight is 245 g/mol. The molecule has 0 fully saturated rings. The van der Waals surface area contributed by atoms with Crippen LogP contribution in [-0.2, 0) is 0 Å². The summed E-state index contributed by atoms with van der Waals surface area (Å²) < 4.78 is 1.67. The molecule has 0 spiro atoms. The molecule has 17 heavy (non-hydrogen) atoms. The van der Waals surface area contributed by atoms with Gasteiger partial charge in [0.1, 0.15) is 0 Å². The molecule has 0 saturated carbocycles. The predicted octanol–water partition coefficient (Wildman–Crippen LogP) is 2.63. The zero-order valence-electron chi connectivity index (χ0n) is 8.84. The number of nitrogens with two attached hydrogens (primary N) is 1. The van der Waals surface area contributed by atoms with E-state index in [9.17, 15) is 0 Å². The molecule has 0 radical (unpaired) electrons. The fourth-order valence-corrected chi connectivity index (χ4v) is 1.84. The zero-order chi connectivity index (χ0) is 11.8. The summed E-state index contributed by atoms with van der Waals surface area (Å²) >= 11 is 5.85. The Morgan fingerprint density at radius 2 is 1.71 bits per heavy atom. The van der Waals surface area contributed by atoms with E-state index in [1.54, 1.807) is 4.52 Å². The van der Waals surface area contributed by atoms with Crippen molar-refractivity contribution >= 4 is 23.2 Å². The van der Waals surface area contributed by atoms with Crippen molar-refractivity contribution < 1.29 is 0 Å². The third kappa shape index (κ3) is 1.83. The number of pyridine rings is 1. The molecule has 0 atom stereocenters. The second-order valence-electron chi connectivity index (χ2n) is 3.70. The SMILES string of the molecule is Nc1nc2ccc(-c3ccc(Cl)cc3)cn2n1. The molecular weight excluding hydrogens is 236 g/mol. The first-order valence-electron chi connectivity index (χ1n) is 5.10. The van der Waals surface area contributed by atoms with E-state index in [-0.39, 0.29) is 5.95 Å². The Balaban J connectivity index is 2.13. The van der Waals surface area contributed by atoms with Crippen LogP contribution in [0.3, 0.4) is 0 Å². The fourth-order valence-electron chi connectivity index (χ4n) is 1.71. The van der Waals surface area contributed by atoms with Gasteiger partial charge in [-0.2, -0.15) is 4.98 Å². The van der Waals surface area contributed by atoms with Gasteiger partial charge in [0.25, 0.3) is 0 Å². The van der Waals surface area contributed by atoms with Crippen LogP contribution in [0.25, 0.3) is 16.8 Å². The summed E-state index contributed by atoms with van der Waals surface area (Å²) in [5, 5.41) is 4.80. The van der Waals surface area contributed by atoms with E-state index >= 15 is 0 Å². The number of hydrogen-bond acceptors (Lipinski definition) is 3. The molecule has 0 unspecified atom stereocenters. The van der Waals surface area contributed by atoms with Crippen LogP contribution in [-0.4, -0.2) is 14.6 Å². The first-order chi connectivity index (χ1) is 8.22. The molecule has 2 N–H and O–H groups in total. The number of benzene rings is 1.